The van der Waals surface area contributed by atoms with Crippen LogP contribution in [0, 0.1) is 5.92 Å². The Bertz CT molecular complexity index is 1140. The van der Waals surface area contributed by atoms with E-state index in [9.17, 15) is 13.2 Å². The zero-order valence-electron chi connectivity index (χ0n) is 17.2. The van der Waals surface area contributed by atoms with Crippen molar-refractivity contribution in [2.45, 2.75) is 17.7 Å². The molecule has 3 aromatic carbocycles. The van der Waals surface area contributed by atoms with E-state index in [0.29, 0.717) is 44.0 Å². The second-order valence-corrected chi connectivity index (χ2v) is 9.58. The van der Waals surface area contributed by atoms with Gasteiger partial charge in [0.05, 0.1) is 11.4 Å². The van der Waals surface area contributed by atoms with E-state index in [0.717, 1.165) is 16.5 Å². The van der Waals surface area contributed by atoms with Crippen LogP contribution in [0.1, 0.15) is 12.8 Å². The Morgan fingerprint density at radius 2 is 1.61 bits per heavy atom. The minimum atomic E-state index is -3.50. The summed E-state index contributed by atoms with van der Waals surface area (Å²) in [4.78, 5) is 12.8. The largest absolute Gasteiger partial charge is 0.492 e. The van der Waals surface area contributed by atoms with Gasteiger partial charge >= 0.3 is 0 Å². The van der Waals surface area contributed by atoms with Gasteiger partial charge in [-0.05, 0) is 47.9 Å². The van der Waals surface area contributed by atoms with Gasteiger partial charge in [0.15, 0.2) is 0 Å². The van der Waals surface area contributed by atoms with Crippen molar-refractivity contribution in [3.63, 3.8) is 0 Å². The van der Waals surface area contributed by atoms with Crippen molar-refractivity contribution in [3.05, 3.63) is 72.8 Å². The minimum Gasteiger partial charge on any atom is -0.492 e. The summed E-state index contributed by atoms with van der Waals surface area (Å²) >= 11 is 0. The predicted molar refractivity (Wildman–Crippen MR) is 120 cm³/mol. The van der Waals surface area contributed by atoms with Crippen molar-refractivity contribution >= 4 is 26.7 Å². The number of amides is 1. The van der Waals surface area contributed by atoms with Crippen LogP contribution in [-0.2, 0) is 14.8 Å². The predicted octanol–water partition coefficient (Wildman–Crippen LogP) is 3.44. The molecular weight excluding hydrogens is 412 g/mol. The molecule has 0 radical (unpaired) electrons. The van der Waals surface area contributed by atoms with Crippen LogP contribution in [-0.4, -0.2) is 44.9 Å². The summed E-state index contributed by atoms with van der Waals surface area (Å²) in [7, 11) is -3.50. The second-order valence-electron chi connectivity index (χ2n) is 7.64. The van der Waals surface area contributed by atoms with Gasteiger partial charge in [0.1, 0.15) is 12.4 Å². The molecule has 1 aliphatic heterocycles. The van der Waals surface area contributed by atoms with Crippen LogP contribution in [0.15, 0.2) is 77.7 Å². The molecule has 1 amide bonds. The highest BCUT2D eigenvalue weighted by molar-refractivity contribution is 7.89. The van der Waals surface area contributed by atoms with Crippen LogP contribution < -0.4 is 10.1 Å². The molecular formula is C24H26N2O4S. The molecule has 1 heterocycles. The van der Waals surface area contributed by atoms with Gasteiger partial charge in [-0.25, -0.2) is 8.42 Å². The van der Waals surface area contributed by atoms with Crippen molar-refractivity contribution in [1.82, 2.24) is 9.62 Å². The molecule has 0 saturated carbocycles. The van der Waals surface area contributed by atoms with Crippen LogP contribution in [0.5, 0.6) is 5.75 Å². The third-order valence-corrected chi connectivity index (χ3v) is 7.51. The summed E-state index contributed by atoms with van der Waals surface area (Å²) in [5.41, 5.74) is 0. The molecule has 0 unspecified atom stereocenters. The third kappa shape index (κ3) is 5.06. The number of carbonyl (C=O) groups is 1. The Hall–Kier alpha value is -2.90. The van der Waals surface area contributed by atoms with E-state index < -0.39 is 10.0 Å². The fraction of sp³-hybridized carbons (Fsp3) is 0.292. The number of nitrogens with zero attached hydrogens (tertiary/aromatic N) is 1. The average molecular weight is 439 g/mol. The van der Waals surface area contributed by atoms with E-state index in [4.69, 9.17) is 4.74 Å². The number of hydrogen-bond donors (Lipinski definition) is 1. The first-order valence-corrected chi connectivity index (χ1v) is 11.9. The number of nitrogens with one attached hydrogen (secondary N) is 1. The molecule has 7 heteroatoms. The first kappa shape index (κ1) is 21.3. The van der Waals surface area contributed by atoms with Crippen molar-refractivity contribution in [2.75, 3.05) is 26.2 Å². The SMILES string of the molecule is O=C(NCCOc1ccc2ccccc2c1)C1CCN(S(=O)(=O)c2ccccc2)CC1. The summed E-state index contributed by atoms with van der Waals surface area (Å²) < 4.78 is 32.6. The van der Waals surface area contributed by atoms with Gasteiger partial charge in [0.25, 0.3) is 0 Å². The van der Waals surface area contributed by atoms with Gasteiger partial charge in [-0.15, -0.1) is 0 Å². The zero-order valence-corrected chi connectivity index (χ0v) is 18.1. The van der Waals surface area contributed by atoms with Crippen molar-refractivity contribution < 1.29 is 17.9 Å². The average Bonchev–Trinajstić information content (AvgIpc) is 2.82. The number of hydrogen-bond acceptors (Lipinski definition) is 4. The molecule has 0 aliphatic carbocycles. The first-order chi connectivity index (χ1) is 15.0. The van der Waals surface area contributed by atoms with E-state index in [2.05, 4.69) is 11.4 Å². The highest BCUT2D eigenvalue weighted by Gasteiger charge is 2.31. The molecule has 1 N–H and O–H groups in total. The maximum Gasteiger partial charge on any atom is 0.243 e. The van der Waals surface area contributed by atoms with Gasteiger partial charge in [0.2, 0.25) is 15.9 Å². The zero-order chi connectivity index (χ0) is 21.7. The van der Waals surface area contributed by atoms with Gasteiger partial charge in [-0.1, -0.05) is 48.5 Å². The molecule has 4 rings (SSSR count). The van der Waals surface area contributed by atoms with E-state index in [1.165, 1.54) is 4.31 Å². The van der Waals surface area contributed by atoms with Crippen LogP contribution in [0.3, 0.4) is 0 Å². The Balaban J connectivity index is 1.22. The molecule has 0 spiro atoms. The van der Waals surface area contributed by atoms with Crippen LogP contribution >= 0.6 is 0 Å². The summed E-state index contributed by atoms with van der Waals surface area (Å²) in [6, 6.07) is 22.4. The first-order valence-electron chi connectivity index (χ1n) is 10.5. The number of rotatable bonds is 7. The molecule has 3 aromatic rings. The number of carbonyl (C=O) groups excluding carboxylic acids is 1. The van der Waals surface area contributed by atoms with Crippen molar-refractivity contribution in [1.29, 1.82) is 0 Å². The molecule has 31 heavy (non-hydrogen) atoms. The van der Waals surface area contributed by atoms with Gasteiger partial charge < -0.3 is 10.1 Å². The van der Waals surface area contributed by atoms with E-state index >= 15 is 0 Å². The molecule has 0 bridgehead atoms. The molecule has 0 atom stereocenters. The number of ether oxygens (including phenoxy) is 1. The quantitative estimate of drug-likeness (QED) is 0.574. The maximum absolute atomic E-state index is 12.7. The van der Waals surface area contributed by atoms with Crippen molar-refractivity contribution in [2.24, 2.45) is 5.92 Å². The Morgan fingerprint density at radius 3 is 2.35 bits per heavy atom. The topological polar surface area (TPSA) is 75.7 Å². The Kier molecular flexibility index (Phi) is 6.53. The third-order valence-electron chi connectivity index (χ3n) is 5.60. The summed E-state index contributed by atoms with van der Waals surface area (Å²) in [5, 5.41) is 5.18. The number of piperidine rings is 1. The monoisotopic (exact) mass is 438 g/mol. The van der Waals surface area contributed by atoms with Crippen LogP contribution in [0.4, 0.5) is 0 Å². The molecule has 0 aromatic heterocycles. The molecule has 1 fully saturated rings. The molecule has 1 aliphatic rings. The Labute approximate surface area is 182 Å². The fourth-order valence-corrected chi connectivity index (χ4v) is 5.34. The number of benzene rings is 3. The summed E-state index contributed by atoms with van der Waals surface area (Å²) in [6.45, 7) is 1.49. The summed E-state index contributed by atoms with van der Waals surface area (Å²) in [6.07, 6.45) is 1.03. The lowest BCUT2D eigenvalue weighted by molar-refractivity contribution is -0.126. The maximum atomic E-state index is 12.7. The van der Waals surface area contributed by atoms with Gasteiger partial charge in [-0.3, -0.25) is 4.79 Å². The fourth-order valence-electron chi connectivity index (χ4n) is 3.84. The van der Waals surface area contributed by atoms with Gasteiger partial charge in [0, 0.05) is 19.0 Å². The smallest absolute Gasteiger partial charge is 0.243 e. The number of fused-ring (bicyclic) bond motifs is 1. The van der Waals surface area contributed by atoms with Gasteiger partial charge in [-0.2, -0.15) is 4.31 Å². The van der Waals surface area contributed by atoms with Crippen molar-refractivity contribution in [3.8, 4) is 5.75 Å². The molecule has 162 valence electrons. The highest BCUT2D eigenvalue weighted by atomic mass is 32.2. The summed E-state index contributed by atoms with van der Waals surface area (Å²) in [5.74, 6) is 0.550. The molecule has 6 nitrogen and oxygen atoms in total. The lowest BCUT2D eigenvalue weighted by atomic mass is 9.97. The second kappa shape index (κ2) is 9.49. The lowest BCUT2D eigenvalue weighted by Crippen LogP contribution is -2.43. The standard InChI is InChI=1S/C24H26N2O4S/c27-24(25-14-17-30-22-11-10-19-6-4-5-7-21(19)18-22)20-12-15-26(16-13-20)31(28,29)23-8-2-1-3-9-23/h1-11,18,20H,12-17H2,(H,25,27). The Morgan fingerprint density at radius 1 is 0.935 bits per heavy atom. The minimum absolute atomic E-state index is 0.0427. The van der Waals surface area contributed by atoms with E-state index in [-0.39, 0.29) is 11.8 Å². The lowest BCUT2D eigenvalue weighted by Gasteiger charge is -2.30. The normalized spacial score (nSPS) is 15.6. The highest BCUT2D eigenvalue weighted by Crippen LogP contribution is 2.24. The van der Waals surface area contributed by atoms with E-state index in [1.54, 1.807) is 30.3 Å². The van der Waals surface area contributed by atoms with Crippen LogP contribution in [0.25, 0.3) is 10.8 Å². The van der Waals surface area contributed by atoms with E-state index in [1.807, 2.05) is 36.4 Å². The number of sulfonamides is 1. The molecule has 1 saturated heterocycles. The van der Waals surface area contributed by atoms with Crippen LogP contribution in [0.2, 0.25) is 0 Å².